The molecule has 0 radical (unpaired) electrons. The van der Waals surface area contributed by atoms with Crippen LogP contribution < -0.4 is 15.4 Å². The lowest BCUT2D eigenvalue weighted by Crippen LogP contribution is -2.29. The van der Waals surface area contributed by atoms with Crippen LogP contribution in [0.4, 0.5) is 17.5 Å². The van der Waals surface area contributed by atoms with E-state index >= 15 is 0 Å². The maximum absolute atomic E-state index is 12.3. The summed E-state index contributed by atoms with van der Waals surface area (Å²) in [5.74, 6) is 1.64. The summed E-state index contributed by atoms with van der Waals surface area (Å²) >= 11 is 0. The van der Waals surface area contributed by atoms with Crippen LogP contribution >= 0.6 is 0 Å². The van der Waals surface area contributed by atoms with Gasteiger partial charge in [0.25, 0.3) is 0 Å². The molecule has 2 heterocycles. The number of carbonyl (C=O) groups excluding carboxylic acids is 1. The maximum atomic E-state index is 12.3. The number of nitrogens with one attached hydrogen (secondary N) is 3. The van der Waals surface area contributed by atoms with Crippen molar-refractivity contribution in [2.45, 2.75) is 11.8 Å². The van der Waals surface area contributed by atoms with Gasteiger partial charge in [-0.3, -0.25) is 4.79 Å². The van der Waals surface area contributed by atoms with Gasteiger partial charge in [-0.2, -0.15) is 0 Å². The van der Waals surface area contributed by atoms with Gasteiger partial charge in [0.05, 0.1) is 4.90 Å². The highest BCUT2D eigenvalue weighted by molar-refractivity contribution is 7.89. The van der Waals surface area contributed by atoms with E-state index in [1.54, 1.807) is 12.3 Å². The predicted molar refractivity (Wildman–Crippen MR) is 110 cm³/mol. The van der Waals surface area contributed by atoms with Gasteiger partial charge in [0, 0.05) is 30.9 Å². The van der Waals surface area contributed by atoms with Crippen molar-refractivity contribution in [3.8, 4) is 0 Å². The van der Waals surface area contributed by atoms with Gasteiger partial charge in [0.1, 0.15) is 23.8 Å². The number of ketones is 1. The van der Waals surface area contributed by atoms with E-state index in [0.29, 0.717) is 29.6 Å². The molecule has 29 heavy (non-hydrogen) atoms. The minimum Gasteiger partial charge on any atom is -0.369 e. The number of hydrogen-bond donors (Lipinski definition) is 3. The molecule has 150 valence electrons. The van der Waals surface area contributed by atoms with Crippen molar-refractivity contribution in [1.29, 1.82) is 0 Å². The van der Waals surface area contributed by atoms with Gasteiger partial charge < -0.3 is 10.6 Å². The molecule has 2 aromatic heterocycles. The first kappa shape index (κ1) is 20.4. The third kappa shape index (κ3) is 5.80. The number of hydrogen-bond acceptors (Lipinski definition) is 8. The minimum absolute atomic E-state index is 0.103. The summed E-state index contributed by atoms with van der Waals surface area (Å²) in [6.07, 6.45) is 3.07. The van der Waals surface area contributed by atoms with Gasteiger partial charge in [0.2, 0.25) is 10.0 Å². The highest BCUT2D eigenvalue weighted by Crippen LogP contribution is 2.14. The molecule has 0 saturated carbocycles. The number of Topliss-reactive ketones (excluding diaryl/α,β-unsaturated/α-hetero) is 1. The van der Waals surface area contributed by atoms with Gasteiger partial charge >= 0.3 is 0 Å². The highest BCUT2D eigenvalue weighted by atomic mass is 32.2. The van der Waals surface area contributed by atoms with Crippen LogP contribution in [0, 0.1) is 0 Å². The van der Waals surface area contributed by atoms with Gasteiger partial charge in [-0.15, -0.1) is 0 Å². The fourth-order valence-corrected chi connectivity index (χ4v) is 3.45. The summed E-state index contributed by atoms with van der Waals surface area (Å²) in [4.78, 5) is 23.8. The Morgan fingerprint density at radius 2 is 1.69 bits per heavy atom. The number of pyridine rings is 1. The second kappa shape index (κ2) is 9.22. The summed E-state index contributed by atoms with van der Waals surface area (Å²) < 4.78 is 27.1. The van der Waals surface area contributed by atoms with E-state index in [9.17, 15) is 13.2 Å². The van der Waals surface area contributed by atoms with Crippen LogP contribution in [0.25, 0.3) is 0 Å². The van der Waals surface area contributed by atoms with Crippen molar-refractivity contribution in [2.24, 2.45) is 0 Å². The average molecular weight is 412 g/mol. The zero-order valence-electron chi connectivity index (χ0n) is 15.7. The van der Waals surface area contributed by atoms with Crippen molar-refractivity contribution in [3.05, 3.63) is 66.6 Å². The average Bonchev–Trinajstić information content (AvgIpc) is 2.72. The monoisotopic (exact) mass is 412 g/mol. The lowest BCUT2D eigenvalue weighted by Gasteiger charge is -2.10. The molecule has 0 aliphatic carbocycles. The van der Waals surface area contributed by atoms with Crippen molar-refractivity contribution >= 4 is 33.3 Å². The normalized spacial score (nSPS) is 11.1. The molecule has 0 unspecified atom stereocenters. The largest absolute Gasteiger partial charge is 0.369 e. The zero-order chi connectivity index (χ0) is 20.7. The van der Waals surface area contributed by atoms with Crippen molar-refractivity contribution in [3.63, 3.8) is 0 Å². The number of aromatic nitrogens is 3. The highest BCUT2D eigenvalue weighted by Gasteiger charge is 2.13. The summed E-state index contributed by atoms with van der Waals surface area (Å²) in [5.41, 5.74) is 0.462. The molecular weight excluding hydrogens is 392 g/mol. The third-order valence-corrected chi connectivity index (χ3v) is 5.36. The van der Waals surface area contributed by atoms with Gasteiger partial charge in [-0.25, -0.2) is 28.1 Å². The summed E-state index contributed by atoms with van der Waals surface area (Å²) in [6.45, 7) is 1.91. The second-order valence-electron chi connectivity index (χ2n) is 6.03. The number of carbonyl (C=O) groups is 1. The van der Waals surface area contributed by atoms with Crippen LogP contribution in [0.15, 0.2) is 66.0 Å². The molecule has 0 atom stereocenters. The molecule has 3 rings (SSSR count). The van der Waals surface area contributed by atoms with Crippen LogP contribution in [0.2, 0.25) is 0 Å². The van der Waals surface area contributed by atoms with Crippen LogP contribution in [0.5, 0.6) is 0 Å². The Labute approximate surface area is 168 Å². The second-order valence-corrected chi connectivity index (χ2v) is 7.80. The van der Waals surface area contributed by atoms with Gasteiger partial charge in [0.15, 0.2) is 5.78 Å². The lowest BCUT2D eigenvalue weighted by atomic mass is 10.2. The summed E-state index contributed by atoms with van der Waals surface area (Å²) in [7, 11) is -3.66. The molecule has 0 aliphatic heterocycles. The first-order valence-corrected chi connectivity index (χ1v) is 10.3. The maximum Gasteiger partial charge on any atom is 0.240 e. The number of nitrogens with zero attached hydrogens (tertiary/aromatic N) is 3. The molecule has 0 saturated heterocycles. The molecular formula is C19H20N6O3S. The molecule has 0 aliphatic rings. The lowest BCUT2D eigenvalue weighted by molar-refractivity contribution is 0.101. The smallest absolute Gasteiger partial charge is 0.240 e. The predicted octanol–water partition coefficient (Wildman–Crippen LogP) is 2.21. The van der Waals surface area contributed by atoms with Gasteiger partial charge in [-0.05, 0) is 31.2 Å². The van der Waals surface area contributed by atoms with Crippen LogP contribution in [-0.4, -0.2) is 42.2 Å². The van der Waals surface area contributed by atoms with E-state index in [1.807, 2.05) is 18.2 Å². The van der Waals surface area contributed by atoms with E-state index in [1.165, 1.54) is 37.5 Å². The SMILES string of the molecule is CC(=O)c1ccc(S(=O)(=O)NCCNc2cc(Nc3ccccn3)ncn2)cc1. The Balaban J connectivity index is 1.52. The van der Waals surface area contributed by atoms with E-state index in [4.69, 9.17) is 0 Å². The quantitative estimate of drug-likeness (QED) is 0.361. The standard InChI is InChI=1S/C19H20N6O3S/c1-14(26)15-5-7-16(8-6-15)29(27,28)24-11-10-21-18-12-19(23-13-22-18)25-17-4-2-3-9-20-17/h2-9,12-13,24H,10-11H2,1H3,(H2,20,21,22,23,25). The van der Waals surface area contributed by atoms with E-state index in [0.717, 1.165) is 0 Å². The fourth-order valence-electron chi connectivity index (χ4n) is 2.42. The fraction of sp³-hybridized carbons (Fsp3) is 0.158. The zero-order valence-corrected chi connectivity index (χ0v) is 16.5. The van der Waals surface area contributed by atoms with Gasteiger partial charge in [-0.1, -0.05) is 18.2 Å². The van der Waals surface area contributed by atoms with E-state index in [2.05, 4.69) is 30.3 Å². The Bertz CT molecular complexity index is 1070. The molecule has 0 amide bonds. The molecule has 3 aromatic rings. The van der Waals surface area contributed by atoms with E-state index < -0.39 is 10.0 Å². The molecule has 3 N–H and O–H groups in total. The number of sulfonamides is 1. The van der Waals surface area contributed by atoms with Crippen molar-refractivity contribution < 1.29 is 13.2 Å². The Morgan fingerprint density at radius 1 is 0.931 bits per heavy atom. The summed E-state index contributed by atoms with van der Waals surface area (Å²) in [6, 6.07) is 13.0. The van der Waals surface area contributed by atoms with Crippen molar-refractivity contribution in [1.82, 2.24) is 19.7 Å². The van der Waals surface area contributed by atoms with Crippen LogP contribution in [-0.2, 0) is 10.0 Å². The number of anilines is 3. The Morgan fingerprint density at radius 3 is 2.38 bits per heavy atom. The molecule has 0 bridgehead atoms. The number of benzene rings is 1. The minimum atomic E-state index is -3.66. The first-order valence-electron chi connectivity index (χ1n) is 8.79. The Kier molecular flexibility index (Phi) is 6.47. The summed E-state index contributed by atoms with van der Waals surface area (Å²) in [5, 5.41) is 6.09. The van der Waals surface area contributed by atoms with Crippen LogP contribution in [0.3, 0.4) is 0 Å². The topological polar surface area (TPSA) is 126 Å². The first-order chi connectivity index (χ1) is 13.9. The molecule has 0 spiro atoms. The van der Waals surface area contributed by atoms with Crippen LogP contribution in [0.1, 0.15) is 17.3 Å². The molecule has 1 aromatic carbocycles. The van der Waals surface area contributed by atoms with Crippen molar-refractivity contribution in [2.75, 3.05) is 23.7 Å². The number of rotatable bonds is 9. The molecule has 10 heteroatoms. The molecule has 9 nitrogen and oxygen atoms in total. The third-order valence-electron chi connectivity index (χ3n) is 3.88. The van der Waals surface area contributed by atoms with E-state index in [-0.39, 0.29) is 17.2 Å². The molecule has 0 fully saturated rings. The Hall–Kier alpha value is -3.37.